The molecule has 0 fully saturated rings. The minimum absolute atomic E-state index is 0.569. The average molecular weight is 141 g/mol. The van der Waals surface area contributed by atoms with Crippen molar-refractivity contribution in [2.45, 2.75) is 25.7 Å². The van der Waals surface area contributed by atoms with E-state index in [9.17, 15) is 0 Å². The monoisotopic (exact) mass is 140 g/mol. The molecule has 0 amide bonds. The zero-order chi connectivity index (χ0) is 5.21. The third kappa shape index (κ3) is 4.64. The van der Waals surface area contributed by atoms with Crippen molar-refractivity contribution >= 4 is 18.6 Å². The predicted octanol–water partition coefficient (Wildman–Crippen LogP) is 1.62. The van der Waals surface area contributed by atoms with Crippen LogP contribution in [-0.4, -0.2) is 18.6 Å². The number of hydrogen-bond acceptors (Lipinski definition) is 0. The fourth-order valence-corrected chi connectivity index (χ4v) is 0. The van der Waals surface area contributed by atoms with Crippen molar-refractivity contribution in [3.05, 3.63) is 0 Å². The van der Waals surface area contributed by atoms with Crippen LogP contribution in [0.1, 0.15) is 20.8 Å². The Balaban J connectivity index is 3.17. The first-order valence-corrected chi connectivity index (χ1v) is 3.97. The van der Waals surface area contributed by atoms with Gasteiger partial charge in [-0.15, -0.1) is 0 Å². The van der Waals surface area contributed by atoms with E-state index in [1.54, 1.807) is 0 Å². The molecule has 2 radical (unpaired) electrons. The van der Waals surface area contributed by atoms with E-state index in [0.717, 1.165) is 0 Å². The third-order valence-corrected chi connectivity index (χ3v) is 3.18. The van der Waals surface area contributed by atoms with Crippen LogP contribution in [0.15, 0.2) is 0 Å². The molecule has 0 aliphatic rings. The topological polar surface area (TPSA) is 0 Å². The molecule has 0 atom stereocenters. The summed E-state index contributed by atoms with van der Waals surface area (Å²) in [5.41, 5.74) is 0.569. The molecule has 0 aliphatic heterocycles. The molecule has 0 bridgehead atoms. The maximum atomic E-state index is 2.26. The summed E-state index contributed by atoms with van der Waals surface area (Å²) in [6, 6.07) is 0. The van der Waals surface area contributed by atoms with E-state index in [0.29, 0.717) is 5.41 Å². The Hall–Kier alpha value is 0.636. The van der Waals surface area contributed by atoms with Crippen LogP contribution in [-0.2, 0) is 0 Å². The summed E-state index contributed by atoms with van der Waals surface area (Å²) in [6.45, 7) is 6.78. The normalized spacial score (nSPS) is 11.8. The van der Waals surface area contributed by atoms with Gasteiger partial charge in [0.25, 0.3) is 0 Å². The van der Waals surface area contributed by atoms with Crippen molar-refractivity contribution in [1.82, 2.24) is 0 Å². The van der Waals surface area contributed by atoms with Crippen molar-refractivity contribution in [2.75, 3.05) is 0 Å². The van der Waals surface area contributed by atoms with E-state index in [4.69, 9.17) is 0 Å². The fraction of sp³-hybridized carbons (Fsp3) is 1.00. The molecule has 0 aromatic heterocycles. The van der Waals surface area contributed by atoms with Crippen molar-refractivity contribution in [2.24, 2.45) is 5.41 Å². The van der Waals surface area contributed by atoms with Gasteiger partial charge in [-0.1, -0.05) is 0 Å². The van der Waals surface area contributed by atoms with E-state index < -0.39 is 0 Å². The Morgan fingerprint density at radius 3 is 1.50 bits per heavy atom. The van der Waals surface area contributed by atoms with Gasteiger partial charge in [0, 0.05) is 0 Å². The van der Waals surface area contributed by atoms with Gasteiger partial charge >= 0.3 is 49.8 Å². The van der Waals surface area contributed by atoms with Crippen LogP contribution in [0, 0.1) is 5.41 Å². The van der Waals surface area contributed by atoms with Gasteiger partial charge in [-0.25, -0.2) is 0 Å². The molecule has 1 heteroatoms. The van der Waals surface area contributed by atoms with Gasteiger partial charge in [0.05, 0.1) is 0 Å². The zero-order valence-corrected chi connectivity index (χ0v) is 7.21. The Bertz CT molecular complexity index is 33.7. The summed E-state index contributed by atoms with van der Waals surface area (Å²) >= 11 is 1.82. The molecule has 0 aliphatic carbocycles. The molecule has 0 rings (SSSR count). The van der Waals surface area contributed by atoms with Crippen LogP contribution < -0.4 is 0 Å². The quantitative estimate of drug-likeness (QED) is 0.449. The first kappa shape index (κ1) is 6.64. The van der Waals surface area contributed by atoms with Crippen LogP contribution in [0.3, 0.4) is 0 Å². The standard InChI is InChI=1S/C5H11.Ga/c1-5(2,3)4;/h1H2,2-4H3;. The van der Waals surface area contributed by atoms with Gasteiger partial charge in [0.2, 0.25) is 0 Å². The molecule has 0 saturated heterocycles. The molecule has 0 N–H and O–H groups in total. The Labute approximate surface area is 50.2 Å². The van der Waals surface area contributed by atoms with E-state index >= 15 is 0 Å². The van der Waals surface area contributed by atoms with Crippen LogP contribution in [0.2, 0.25) is 4.98 Å². The van der Waals surface area contributed by atoms with Gasteiger partial charge in [0.1, 0.15) is 0 Å². The summed E-state index contributed by atoms with van der Waals surface area (Å²) in [7, 11) is 0. The molecule has 34 valence electrons. The van der Waals surface area contributed by atoms with E-state index in [1.165, 1.54) is 4.98 Å². The fourth-order valence-electron chi connectivity index (χ4n) is 0. The van der Waals surface area contributed by atoms with Crippen molar-refractivity contribution in [3.8, 4) is 0 Å². The number of hydrogen-bond donors (Lipinski definition) is 0. The molecule has 0 aromatic rings. The first-order valence-electron chi connectivity index (χ1n) is 2.26. The zero-order valence-electron chi connectivity index (χ0n) is 4.78. The molecule has 0 saturated carbocycles. The molecular weight excluding hydrogens is 130 g/mol. The number of rotatable bonds is 0. The Kier molecular flexibility index (Phi) is 2.30. The van der Waals surface area contributed by atoms with Gasteiger partial charge in [-0.2, -0.15) is 0 Å². The first-order chi connectivity index (χ1) is 2.56. The third-order valence-electron chi connectivity index (χ3n) is 0.612. The van der Waals surface area contributed by atoms with Crippen molar-refractivity contribution in [1.29, 1.82) is 0 Å². The summed E-state index contributed by atoms with van der Waals surface area (Å²) in [4.78, 5) is 1.33. The second kappa shape index (κ2) is 2.08. The maximum absolute atomic E-state index is 2.26. The van der Waals surface area contributed by atoms with Gasteiger partial charge in [0.15, 0.2) is 0 Å². The van der Waals surface area contributed by atoms with E-state index in [1.807, 2.05) is 18.6 Å². The van der Waals surface area contributed by atoms with Crippen LogP contribution >= 0.6 is 0 Å². The molecule has 0 nitrogen and oxygen atoms in total. The molecule has 6 heavy (non-hydrogen) atoms. The summed E-state index contributed by atoms with van der Waals surface area (Å²) in [6.07, 6.45) is 0. The van der Waals surface area contributed by atoms with E-state index in [-0.39, 0.29) is 0 Å². The van der Waals surface area contributed by atoms with Crippen molar-refractivity contribution in [3.63, 3.8) is 0 Å². The van der Waals surface area contributed by atoms with Gasteiger partial charge in [-0.05, 0) is 0 Å². The van der Waals surface area contributed by atoms with Gasteiger partial charge in [-0.3, -0.25) is 0 Å². The SMILES string of the molecule is CC(C)(C)[CH2][Ga]. The molecule has 0 spiro atoms. The minimum atomic E-state index is 0.569. The average Bonchev–Trinajstić information content (AvgIpc) is 1.35. The second-order valence-electron chi connectivity index (χ2n) is 2.76. The Morgan fingerprint density at radius 1 is 1.33 bits per heavy atom. The van der Waals surface area contributed by atoms with Gasteiger partial charge < -0.3 is 0 Å². The molecule has 0 unspecified atom stereocenters. The summed E-state index contributed by atoms with van der Waals surface area (Å²) < 4.78 is 0. The Morgan fingerprint density at radius 2 is 1.50 bits per heavy atom. The van der Waals surface area contributed by atoms with Crippen LogP contribution in [0.5, 0.6) is 0 Å². The van der Waals surface area contributed by atoms with E-state index in [2.05, 4.69) is 20.8 Å². The molecule has 0 heterocycles. The molecule has 0 aromatic carbocycles. The van der Waals surface area contributed by atoms with Crippen molar-refractivity contribution < 1.29 is 0 Å². The molecular formula is C5H11Ga. The summed E-state index contributed by atoms with van der Waals surface area (Å²) in [5.74, 6) is 0. The second-order valence-corrected chi connectivity index (χ2v) is 3.62. The summed E-state index contributed by atoms with van der Waals surface area (Å²) in [5, 5.41) is 0. The van der Waals surface area contributed by atoms with Crippen LogP contribution in [0.25, 0.3) is 0 Å². The van der Waals surface area contributed by atoms with Crippen LogP contribution in [0.4, 0.5) is 0 Å². The predicted molar refractivity (Wildman–Crippen MR) is 30.0 cm³/mol.